The number of ether oxygens (including phenoxy) is 1. The Morgan fingerprint density at radius 1 is 0.944 bits per heavy atom. The van der Waals surface area contributed by atoms with Crippen molar-refractivity contribution in [1.82, 2.24) is 0 Å². The van der Waals surface area contributed by atoms with Crippen LogP contribution in [0.25, 0.3) is 0 Å². The highest BCUT2D eigenvalue weighted by Crippen LogP contribution is 2.50. The lowest BCUT2D eigenvalue weighted by Crippen LogP contribution is -2.20. The summed E-state index contributed by atoms with van der Waals surface area (Å²) in [5.41, 5.74) is 7.31. The van der Waals surface area contributed by atoms with Crippen molar-refractivity contribution in [2.45, 2.75) is 18.3 Å². The Morgan fingerprint density at radius 2 is 1.61 bits per heavy atom. The summed E-state index contributed by atoms with van der Waals surface area (Å²) in [4.78, 5) is 0. The second-order valence-corrected chi connectivity index (χ2v) is 4.90. The Morgan fingerprint density at radius 3 is 2.28 bits per heavy atom. The van der Waals surface area contributed by atoms with E-state index in [1.807, 2.05) is 42.5 Å². The van der Waals surface area contributed by atoms with E-state index < -0.39 is 0 Å². The van der Waals surface area contributed by atoms with Crippen LogP contribution in [0, 0.1) is 0 Å². The van der Waals surface area contributed by atoms with E-state index in [1.54, 1.807) is 0 Å². The highest BCUT2D eigenvalue weighted by Gasteiger charge is 2.44. The third-order valence-electron chi connectivity index (χ3n) is 3.67. The molecule has 0 heterocycles. The molecule has 0 radical (unpaired) electrons. The smallest absolute Gasteiger partial charge is 0.131 e. The molecule has 92 valence electrons. The van der Waals surface area contributed by atoms with Gasteiger partial charge in [0.2, 0.25) is 0 Å². The van der Waals surface area contributed by atoms with Crippen molar-refractivity contribution in [3.63, 3.8) is 0 Å². The topological polar surface area (TPSA) is 35.2 Å². The van der Waals surface area contributed by atoms with Gasteiger partial charge in [0, 0.05) is 17.5 Å². The predicted molar refractivity (Wildman–Crippen MR) is 72.9 cm³/mol. The summed E-state index contributed by atoms with van der Waals surface area (Å²) in [5.74, 6) is 1.81. The van der Waals surface area contributed by atoms with Gasteiger partial charge in [-0.25, -0.2) is 0 Å². The molecule has 0 atom stereocenters. The van der Waals surface area contributed by atoms with Gasteiger partial charge >= 0.3 is 0 Å². The first-order valence-electron chi connectivity index (χ1n) is 6.37. The number of rotatable bonds is 4. The molecule has 1 aliphatic rings. The van der Waals surface area contributed by atoms with E-state index in [4.69, 9.17) is 10.5 Å². The maximum atomic E-state index is 5.98. The van der Waals surface area contributed by atoms with E-state index in [2.05, 4.69) is 12.1 Å². The molecule has 0 saturated heterocycles. The van der Waals surface area contributed by atoms with E-state index in [1.165, 1.54) is 18.4 Å². The lowest BCUT2D eigenvalue weighted by Gasteiger charge is -2.17. The first-order chi connectivity index (χ1) is 8.84. The molecular formula is C16H17NO. The van der Waals surface area contributed by atoms with Crippen molar-refractivity contribution in [2.75, 3.05) is 6.54 Å². The zero-order chi connectivity index (χ0) is 12.4. The minimum absolute atomic E-state index is 0.158. The molecule has 2 N–H and O–H groups in total. The molecule has 1 aliphatic carbocycles. The van der Waals surface area contributed by atoms with Gasteiger partial charge in [-0.05, 0) is 31.0 Å². The molecule has 2 heteroatoms. The number of benzene rings is 2. The van der Waals surface area contributed by atoms with Crippen molar-refractivity contribution >= 4 is 0 Å². The number of nitrogens with two attached hydrogens (primary N) is 1. The van der Waals surface area contributed by atoms with Crippen LogP contribution in [0.2, 0.25) is 0 Å². The molecule has 0 aromatic heterocycles. The van der Waals surface area contributed by atoms with Gasteiger partial charge in [-0.1, -0.05) is 36.4 Å². The summed E-state index contributed by atoms with van der Waals surface area (Å²) in [7, 11) is 0. The lowest BCUT2D eigenvalue weighted by atomic mass is 9.95. The molecule has 0 spiro atoms. The van der Waals surface area contributed by atoms with Crippen LogP contribution in [0.3, 0.4) is 0 Å². The van der Waals surface area contributed by atoms with Gasteiger partial charge in [0.25, 0.3) is 0 Å². The van der Waals surface area contributed by atoms with Crippen LogP contribution in [-0.4, -0.2) is 6.54 Å². The molecule has 18 heavy (non-hydrogen) atoms. The van der Waals surface area contributed by atoms with Crippen molar-refractivity contribution in [1.29, 1.82) is 0 Å². The van der Waals surface area contributed by atoms with E-state index in [0.29, 0.717) is 6.54 Å². The van der Waals surface area contributed by atoms with Crippen LogP contribution in [0.15, 0.2) is 54.6 Å². The predicted octanol–water partition coefficient (Wildman–Crippen LogP) is 3.47. The molecule has 1 fully saturated rings. The summed E-state index contributed by atoms with van der Waals surface area (Å²) < 4.78 is 5.98. The molecule has 0 aliphatic heterocycles. The van der Waals surface area contributed by atoms with Crippen molar-refractivity contribution < 1.29 is 4.74 Å². The highest BCUT2D eigenvalue weighted by molar-refractivity contribution is 5.45. The molecule has 0 bridgehead atoms. The van der Waals surface area contributed by atoms with E-state index >= 15 is 0 Å². The van der Waals surface area contributed by atoms with E-state index in [0.717, 1.165) is 11.5 Å². The van der Waals surface area contributed by atoms with Gasteiger partial charge in [-0.2, -0.15) is 0 Å². The summed E-state index contributed by atoms with van der Waals surface area (Å²) in [5, 5.41) is 0. The fraction of sp³-hybridized carbons (Fsp3) is 0.250. The molecule has 2 aromatic rings. The van der Waals surface area contributed by atoms with Gasteiger partial charge in [0.15, 0.2) is 0 Å². The van der Waals surface area contributed by atoms with Crippen LogP contribution < -0.4 is 10.5 Å². The van der Waals surface area contributed by atoms with Crippen LogP contribution in [0.4, 0.5) is 0 Å². The zero-order valence-corrected chi connectivity index (χ0v) is 10.3. The Kier molecular flexibility index (Phi) is 2.80. The van der Waals surface area contributed by atoms with Gasteiger partial charge in [0.05, 0.1) is 0 Å². The Balaban J connectivity index is 1.93. The normalized spacial score (nSPS) is 16.3. The Labute approximate surface area is 107 Å². The van der Waals surface area contributed by atoms with Crippen LogP contribution in [0.5, 0.6) is 11.5 Å². The SMILES string of the molecule is NCC1(c2ccccc2Oc2ccccc2)CC1. The van der Waals surface area contributed by atoms with Crippen LogP contribution in [0.1, 0.15) is 18.4 Å². The summed E-state index contributed by atoms with van der Waals surface area (Å²) in [6.45, 7) is 0.697. The van der Waals surface area contributed by atoms with E-state index in [-0.39, 0.29) is 5.41 Å². The molecule has 0 unspecified atom stereocenters. The number of hydrogen-bond donors (Lipinski definition) is 1. The third kappa shape index (κ3) is 2.00. The zero-order valence-electron chi connectivity index (χ0n) is 10.3. The monoisotopic (exact) mass is 239 g/mol. The van der Waals surface area contributed by atoms with Gasteiger partial charge in [-0.3, -0.25) is 0 Å². The summed E-state index contributed by atoms with van der Waals surface area (Å²) in [6, 6.07) is 18.1. The molecule has 0 amide bonds. The highest BCUT2D eigenvalue weighted by atomic mass is 16.5. The largest absolute Gasteiger partial charge is 0.457 e. The minimum atomic E-state index is 0.158. The molecule has 3 rings (SSSR count). The first kappa shape index (κ1) is 11.3. The maximum Gasteiger partial charge on any atom is 0.131 e. The third-order valence-corrected chi connectivity index (χ3v) is 3.67. The average molecular weight is 239 g/mol. The number of hydrogen-bond acceptors (Lipinski definition) is 2. The van der Waals surface area contributed by atoms with Gasteiger partial charge < -0.3 is 10.5 Å². The van der Waals surface area contributed by atoms with Crippen molar-refractivity contribution in [2.24, 2.45) is 5.73 Å². The number of para-hydroxylation sites is 2. The fourth-order valence-electron chi connectivity index (χ4n) is 2.34. The second kappa shape index (κ2) is 4.46. The quantitative estimate of drug-likeness (QED) is 0.886. The van der Waals surface area contributed by atoms with Gasteiger partial charge in [-0.15, -0.1) is 0 Å². The first-order valence-corrected chi connectivity index (χ1v) is 6.37. The van der Waals surface area contributed by atoms with Crippen molar-refractivity contribution in [3.05, 3.63) is 60.2 Å². The van der Waals surface area contributed by atoms with Crippen molar-refractivity contribution in [3.8, 4) is 11.5 Å². The molecule has 2 aromatic carbocycles. The fourth-order valence-corrected chi connectivity index (χ4v) is 2.34. The lowest BCUT2D eigenvalue weighted by molar-refractivity contribution is 0.467. The van der Waals surface area contributed by atoms with E-state index in [9.17, 15) is 0 Å². The van der Waals surface area contributed by atoms with Crippen LogP contribution >= 0.6 is 0 Å². The second-order valence-electron chi connectivity index (χ2n) is 4.90. The van der Waals surface area contributed by atoms with Gasteiger partial charge in [0.1, 0.15) is 11.5 Å². The maximum absolute atomic E-state index is 5.98. The Bertz CT molecular complexity index is 532. The molecule has 2 nitrogen and oxygen atoms in total. The molecule has 1 saturated carbocycles. The summed E-state index contributed by atoms with van der Waals surface area (Å²) in [6.07, 6.45) is 2.33. The standard InChI is InChI=1S/C16H17NO/c17-12-16(10-11-16)14-8-4-5-9-15(14)18-13-6-2-1-3-7-13/h1-9H,10-12,17H2. The average Bonchev–Trinajstić information content (AvgIpc) is 3.22. The summed E-state index contributed by atoms with van der Waals surface area (Å²) >= 11 is 0. The Hall–Kier alpha value is -1.80. The minimum Gasteiger partial charge on any atom is -0.457 e. The van der Waals surface area contributed by atoms with Crippen LogP contribution in [-0.2, 0) is 5.41 Å². The molecular weight excluding hydrogens is 222 g/mol.